The third-order valence-corrected chi connectivity index (χ3v) is 2.79. The fraction of sp³-hybridized carbons (Fsp3) is 0.222. The van der Waals surface area contributed by atoms with Crippen molar-refractivity contribution in [3.05, 3.63) is 28.2 Å². The maximum atomic E-state index is 11.4. The number of esters is 1. The molecule has 0 saturated carbocycles. The van der Waals surface area contributed by atoms with E-state index in [0.29, 0.717) is 13.0 Å². The lowest BCUT2D eigenvalue weighted by atomic mass is 10.4. The molecule has 0 aliphatic heterocycles. The number of nitrogens with one attached hydrogen (secondary N) is 1. The molecule has 0 atom stereocenters. The first-order valence-corrected chi connectivity index (χ1v) is 5.51. The van der Waals surface area contributed by atoms with E-state index in [0.717, 1.165) is 0 Å². The van der Waals surface area contributed by atoms with E-state index in [2.05, 4.69) is 15.2 Å². The number of aromatic amines is 1. The molecule has 2 heterocycles. The average molecular weight is 238 g/mol. The Morgan fingerprint density at radius 1 is 1.62 bits per heavy atom. The van der Waals surface area contributed by atoms with Crippen molar-refractivity contribution in [3.8, 4) is 0 Å². The van der Waals surface area contributed by atoms with Crippen LogP contribution < -0.4 is 5.73 Å². The molecule has 0 amide bonds. The summed E-state index contributed by atoms with van der Waals surface area (Å²) in [5, 5.41) is 7.91. The van der Waals surface area contributed by atoms with Gasteiger partial charge in [-0.3, -0.25) is 5.10 Å². The van der Waals surface area contributed by atoms with Crippen LogP contribution in [-0.4, -0.2) is 27.8 Å². The normalized spacial score (nSPS) is 10.2. The van der Waals surface area contributed by atoms with Gasteiger partial charge >= 0.3 is 5.97 Å². The highest BCUT2D eigenvalue weighted by Gasteiger charge is 2.11. The number of carbonyl (C=O) groups excluding carboxylic acids is 1. The van der Waals surface area contributed by atoms with Gasteiger partial charge in [0.05, 0.1) is 6.61 Å². The van der Waals surface area contributed by atoms with E-state index < -0.39 is 5.97 Å². The van der Waals surface area contributed by atoms with Gasteiger partial charge in [0, 0.05) is 11.3 Å². The topological polar surface area (TPSA) is 93.9 Å². The van der Waals surface area contributed by atoms with Crippen LogP contribution in [0.15, 0.2) is 17.5 Å². The summed E-state index contributed by atoms with van der Waals surface area (Å²) >= 11 is 1.63. The van der Waals surface area contributed by atoms with Gasteiger partial charge in [-0.15, -0.1) is 16.4 Å². The van der Waals surface area contributed by atoms with Gasteiger partial charge in [0.25, 0.3) is 0 Å². The SMILES string of the molecule is Nc1n[nH]c(C(=O)OCCc2cccs2)n1. The Morgan fingerprint density at radius 3 is 3.12 bits per heavy atom. The number of hydrogen-bond acceptors (Lipinski definition) is 6. The number of hydrogen-bond donors (Lipinski definition) is 2. The molecule has 6 nitrogen and oxygen atoms in total. The highest BCUT2D eigenvalue weighted by atomic mass is 32.1. The lowest BCUT2D eigenvalue weighted by Gasteiger charge is -2.00. The maximum Gasteiger partial charge on any atom is 0.375 e. The monoisotopic (exact) mass is 238 g/mol. The number of nitrogens with zero attached hydrogens (tertiary/aromatic N) is 2. The summed E-state index contributed by atoms with van der Waals surface area (Å²) in [6, 6.07) is 3.95. The van der Waals surface area contributed by atoms with Crippen molar-refractivity contribution in [1.82, 2.24) is 15.2 Å². The molecule has 0 fully saturated rings. The minimum Gasteiger partial charge on any atom is -0.459 e. The van der Waals surface area contributed by atoms with E-state index in [4.69, 9.17) is 10.5 Å². The Hall–Kier alpha value is -1.89. The number of rotatable bonds is 4. The van der Waals surface area contributed by atoms with Crippen LogP contribution in [0, 0.1) is 0 Å². The molecular formula is C9H10N4O2S. The molecule has 0 aliphatic carbocycles. The average Bonchev–Trinajstić information content (AvgIpc) is 2.89. The van der Waals surface area contributed by atoms with Crippen LogP contribution >= 0.6 is 11.3 Å². The number of nitrogen functional groups attached to an aromatic ring is 1. The number of nitrogens with two attached hydrogens (primary N) is 1. The number of carbonyl (C=O) groups is 1. The number of H-pyrrole nitrogens is 1. The van der Waals surface area contributed by atoms with Crippen LogP contribution in [-0.2, 0) is 11.2 Å². The standard InChI is InChI=1S/C9H10N4O2S/c10-9-11-7(12-13-9)8(14)15-4-3-6-2-1-5-16-6/h1-2,5H,3-4H2,(H3,10,11,12,13). The number of thiophene rings is 1. The molecule has 84 valence electrons. The van der Waals surface area contributed by atoms with Crippen LogP contribution in [0.4, 0.5) is 5.95 Å². The van der Waals surface area contributed by atoms with E-state index in [1.54, 1.807) is 11.3 Å². The van der Waals surface area contributed by atoms with Crippen molar-refractivity contribution in [2.75, 3.05) is 12.3 Å². The summed E-state index contributed by atoms with van der Waals surface area (Å²) in [5.41, 5.74) is 5.26. The summed E-state index contributed by atoms with van der Waals surface area (Å²) in [6.07, 6.45) is 0.701. The molecular weight excluding hydrogens is 228 g/mol. The lowest BCUT2D eigenvalue weighted by molar-refractivity contribution is 0.0496. The number of anilines is 1. The zero-order chi connectivity index (χ0) is 11.4. The van der Waals surface area contributed by atoms with Gasteiger partial charge < -0.3 is 10.5 Å². The van der Waals surface area contributed by atoms with E-state index in [9.17, 15) is 4.79 Å². The number of ether oxygens (including phenoxy) is 1. The Labute approximate surface area is 95.5 Å². The zero-order valence-corrected chi connectivity index (χ0v) is 9.16. The molecule has 7 heteroatoms. The highest BCUT2D eigenvalue weighted by molar-refractivity contribution is 7.09. The van der Waals surface area contributed by atoms with Crippen LogP contribution in [0.3, 0.4) is 0 Å². The molecule has 16 heavy (non-hydrogen) atoms. The second kappa shape index (κ2) is 4.75. The van der Waals surface area contributed by atoms with Crippen LogP contribution in [0.5, 0.6) is 0 Å². The molecule has 0 bridgehead atoms. The molecule has 0 radical (unpaired) electrons. The summed E-state index contributed by atoms with van der Waals surface area (Å²) in [5.74, 6) is -0.477. The lowest BCUT2D eigenvalue weighted by Crippen LogP contribution is -2.09. The maximum absolute atomic E-state index is 11.4. The molecule has 2 aromatic rings. The first kappa shape index (κ1) is 10.6. The summed E-state index contributed by atoms with van der Waals surface area (Å²) in [4.78, 5) is 16.2. The van der Waals surface area contributed by atoms with Gasteiger partial charge in [-0.25, -0.2) is 4.79 Å². The van der Waals surface area contributed by atoms with Crippen molar-refractivity contribution >= 4 is 23.3 Å². The molecule has 2 aromatic heterocycles. The summed E-state index contributed by atoms with van der Waals surface area (Å²) < 4.78 is 4.99. The predicted octanol–water partition coefficient (Wildman–Crippen LogP) is 0.848. The Bertz CT molecular complexity index is 466. The van der Waals surface area contributed by atoms with Gasteiger partial charge in [0.15, 0.2) is 0 Å². The van der Waals surface area contributed by atoms with Crippen molar-refractivity contribution in [3.63, 3.8) is 0 Å². The van der Waals surface area contributed by atoms with Crippen molar-refractivity contribution in [2.45, 2.75) is 6.42 Å². The Morgan fingerprint density at radius 2 is 2.50 bits per heavy atom. The van der Waals surface area contributed by atoms with Crippen molar-refractivity contribution in [2.24, 2.45) is 0 Å². The van der Waals surface area contributed by atoms with Gasteiger partial charge in [-0.05, 0) is 11.4 Å². The second-order valence-electron chi connectivity index (χ2n) is 3.01. The first-order chi connectivity index (χ1) is 7.75. The largest absolute Gasteiger partial charge is 0.459 e. The second-order valence-corrected chi connectivity index (χ2v) is 4.04. The third-order valence-electron chi connectivity index (χ3n) is 1.86. The minimum absolute atomic E-state index is 0.0312. The Balaban J connectivity index is 1.80. The molecule has 0 unspecified atom stereocenters. The van der Waals surface area contributed by atoms with Crippen molar-refractivity contribution < 1.29 is 9.53 Å². The molecule has 0 aromatic carbocycles. The fourth-order valence-electron chi connectivity index (χ4n) is 1.13. The highest BCUT2D eigenvalue weighted by Crippen LogP contribution is 2.09. The van der Waals surface area contributed by atoms with Crippen molar-refractivity contribution in [1.29, 1.82) is 0 Å². The Kier molecular flexibility index (Phi) is 3.16. The minimum atomic E-state index is -0.541. The predicted molar refractivity (Wildman–Crippen MR) is 59.1 cm³/mol. The van der Waals surface area contributed by atoms with Gasteiger partial charge in [0.2, 0.25) is 11.8 Å². The van der Waals surface area contributed by atoms with Crippen LogP contribution in [0.2, 0.25) is 0 Å². The molecule has 0 saturated heterocycles. The van der Waals surface area contributed by atoms with E-state index >= 15 is 0 Å². The van der Waals surface area contributed by atoms with Crippen LogP contribution in [0.25, 0.3) is 0 Å². The third kappa shape index (κ3) is 2.57. The molecule has 3 N–H and O–H groups in total. The van der Waals surface area contributed by atoms with Gasteiger partial charge in [-0.2, -0.15) is 4.98 Å². The van der Waals surface area contributed by atoms with E-state index in [1.165, 1.54) is 4.88 Å². The quantitative estimate of drug-likeness (QED) is 0.770. The molecule has 2 rings (SSSR count). The van der Waals surface area contributed by atoms with E-state index in [-0.39, 0.29) is 11.8 Å². The van der Waals surface area contributed by atoms with Crippen LogP contribution in [0.1, 0.15) is 15.5 Å². The summed E-state index contributed by atoms with van der Waals surface area (Å²) in [6.45, 7) is 0.319. The first-order valence-electron chi connectivity index (χ1n) is 4.63. The molecule has 0 aliphatic rings. The smallest absolute Gasteiger partial charge is 0.375 e. The number of aromatic nitrogens is 3. The molecule has 0 spiro atoms. The van der Waals surface area contributed by atoms with E-state index in [1.807, 2.05) is 17.5 Å². The van der Waals surface area contributed by atoms with Gasteiger partial charge in [0.1, 0.15) is 0 Å². The zero-order valence-electron chi connectivity index (χ0n) is 8.34. The summed E-state index contributed by atoms with van der Waals surface area (Å²) in [7, 11) is 0. The van der Waals surface area contributed by atoms with Gasteiger partial charge in [-0.1, -0.05) is 6.07 Å². The fourth-order valence-corrected chi connectivity index (χ4v) is 1.82.